The first kappa shape index (κ1) is 24.9. The number of hydrogen-bond acceptors (Lipinski definition) is 5. The molecule has 1 aromatic rings. The van der Waals surface area contributed by atoms with Gasteiger partial charge in [-0.25, -0.2) is 0 Å². The summed E-state index contributed by atoms with van der Waals surface area (Å²) in [5, 5.41) is 3.42. The van der Waals surface area contributed by atoms with Crippen molar-refractivity contribution in [2.45, 2.75) is 59.9 Å². The molecule has 1 rings (SSSR count). The Morgan fingerprint density at radius 1 is 1.00 bits per heavy atom. The average Bonchev–Trinajstić information content (AvgIpc) is 2.68. The first-order valence-electron chi connectivity index (χ1n) is 10.4. The van der Waals surface area contributed by atoms with Gasteiger partial charge in [-0.1, -0.05) is 36.4 Å². The van der Waals surface area contributed by atoms with E-state index in [4.69, 9.17) is 9.47 Å². The number of esters is 2. The topological polar surface area (TPSA) is 64.6 Å². The summed E-state index contributed by atoms with van der Waals surface area (Å²) in [6.07, 6.45) is 2.33. The van der Waals surface area contributed by atoms with Crippen molar-refractivity contribution in [3.8, 4) is 0 Å². The zero-order chi connectivity index (χ0) is 22.1. The minimum Gasteiger partial charge on any atom is -0.466 e. The Kier molecular flexibility index (Phi) is 9.57. The molecule has 5 nitrogen and oxygen atoms in total. The van der Waals surface area contributed by atoms with Gasteiger partial charge in [0.1, 0.15) is 0 Å². The zero-order valence-electron chi connectivity index (χ0n) is 18.8. The highest BCUT2D eigenvalue weighted by Gasteiger charge is 2.45. The van der Waals surface area contributed by atoms with Gasteiger partial charge in [-0.2, -0.15) is 0 Å². The second kappa shape index (κ2) is 11.1. The van der Waals surface area contributed by atoms with E-state index in [-0.39, 0.29) is 23.9 Å². The number of nitrogens with one attached hydrogen (secondary N) is 1. The van der Waals surface area contributed by atoms with Crippen LogP contribution in [0, 0.1) is 10.8 Å². The Labute approximate surface area is 175 Å². The van der Waals surface area contributed by atoms with Crippen molar-refractivity contribution >= 4 is 11.9 Å². The maximum Gasteiger partial charge on any atom is 0.313 e. The summed E-state index contributed by atoms with van der Waals surface area (Å²) in [5.41, 5.74) is -0.511. The SMILES string of the molecule is C=CCN[C@@H](C[C@@H](c1ccccc1)C(C)(C)C(=O)OCC)C(C)(C)C(=O)OCC. The average molecular weight is 404 g/mol. The zero-order valence-corrected chi connectivity index (χ0v) is 18.8. The van der Waals surface area contributed by atoms with Crippen LogP contribution in [0.2, 0.25) is 0 Å². The van der Waals surface area contributed by atoms with E-state index in [1.807, 2.05) is 65.0 Å². The van der Waals surface area contributed by atoms with Crippen molar-refractivity contribution < 1.29 is 19.1 Å². The first-order chi connectivity index (χ1) is 13.6. The quantitative estimate of drug-likeness (QED) is 0.412. The standard InChI is InChI=1S/C24H37NO4/c1-8-16-25-20(24(6,7)22(27)29-10-3)17-19(18-14-12-11-13-15-18)23(4,5)21(26)28-9-2/h8,11-15,19-20,25H,1,9-10,16-17H2,2-7H3/t19-,20-/m0/s1. The fourth-order valence-electron chi connectivity index (χ4n) is 3.55. The molecule has 0 amide bonds. The summed E-state index contributed by atoms with van der Waals surface area (Å²) >= 11 is 0. The molecule has 29 heavy (non-hydrogen) atoms. The van der Waals surface area contributed by atoms with E-state index in [0.29, 0.717) is 26.2 Å². The van der Waals surface area contributed by atoms with Crippen LogP contribution >= 0.6 is 0 Å². The summed E-state index contributed by atoms with van der Waals surface area (Å²) < 4.78 is 10.7. The summed E-state index contributed by atoms with van der Waals surface area (Å²) in [6, 6.07) is 9.70. The molecule has 0 aliphatic heterocycles. The Morgan fingerprint density at radius 2 is 1.52 bits per heavy atom. The molecule has 5 heteroatoms. The van der Waals surface area contributed by atoms with Gasteiger partial charge in [0.25, 0.3) is 0 Å². The van der Waals surface area contributed by atoms with Gasteiger partial charge in [-0.05, 0) is 53.5 Å². The Morgan fingerprint density at radius 3 is 2.00 bits per heavy atom. The van der Waals surface area contributed by atoms with Crippen LogP contribution in [0.15, 0.2) is 43.0 Å². The van der Waals surface area contributed by atoms with E-state index in [9.17, 15) is 9.59 Å². The summed E-state index contributed by atoms with van der Waals surface area (Å²) in [4.78, 5) is 25.5. The summed E-state index contributed by atoms with van der Waals surface area (Å²) in [5.74, 6) is -0.661. The molecule has 0 aromatic heterocycles. The van der Waals surface area contributed by atoms with Crippen LogP contribution in [0.4, 0.5) is 0 Å². The molecular formula is C24H37NO4. The highest BCUT2D eigenvalue weighted by Crippen LogP contribution is 2.42. The predicted molar refractivity (Wildman–Crippen MR) is 117 cm³/mol. The van der Waals surface area contributed by atoms with Crippen molar-refractivity contribution in [2.24, 2.45) is 10.8 Å². The van der Waals surface area contributed by atoms with Gasteiger partial charge in [-0.15, -0.1) is 6.58 Å². The predicted octanol–water partition coefficient (Wildman–Crippen LogP) is 4.48. The van der Waals surface area contributed by atoms with Gasteiger partial charge in [0.15, 0.2) is 0 Å². The summed E-state index contributed by atoms with van der Waals surface area (Å²) in [6.45, 7) is 16.2. The number of carbonyl (C=O) groups excluding carboxylic acids is 2. The largest absolute Gasteiger partial charge is 0.466 e. The van der Waals surface area contributed by atoms with E-state index in [2.05, 4.69) is 11.9 Å². The Bertz CT molecular complexity index is 667. The number of carbonyl (C=O) groups is 2. The van der Waals surface area contributed by atoms with Crippen molar-refractivity contribution in [2.75, 3.05) is 19.8 Å². The van der Waals surface area contributed by atoms with Crippen molar-refractivity contribution in [3.05, 3.63) is 48.6 Å². The van der Waals surface area contributed by atoms with Gasteiger partial charge < -0.3 is 14.8 Å². The van der Waals surface area contributed by atoms with Crippen LogP contribution in [0.25, 0.3) is 0 Å². The Hall–Kier alpha value is -2.14. The maximum absolute atomic E-state index is 12.8. The fourth-order valence-corrected chi connectivity index (χ4v) is 3.55. The highest BCUT2D eigenvalue weighted by molar-refractivity contribution is 5.78. The molecular weight excluding hydrogens is 366 g/mol. The van der Waals surface area contributed by atoms with E-state index >= 15 is 0 Å². The van der Waals surface area contributed by atoms with E-state index < -0.39 is 10.8 Å². The van der Waals surface area contributed by atoms with Crippen LogP contribution in [0.1, 0.15) is 59.4 Å². The third-order valence-corrected chi connectivity index (χ3v) is 5.53. The van der Waals surface area contributed by atoms with E-state index in [0.717, 1.165) is 5.56 Å². The normalized spacial score (nSPS) is 14.0. The molecule has 0 aliphatic rings. The summed E-state index contributed by atoms with van der Waals surface area (Å²) in [7, 11) is 0. The molecule has 0 fully saturated rings. The molecule has 0 heterocycles. The number of ether oxygens (including phenoxy) is 2. The van der Waals surface area contributed by atoms with Crippen LogP contribution in [0.3, 0.4) is 0 Å². The minimum absolute atomic E-state index is 0.154. The molecule has 0 saturated carbocycles. The smallest absolute Gasteiger partial charge is 0.313 e. The molecule has 1 N–H and O–H groups in total. The molecule has 0 unspecified atom stereocenters. The molecule has 1 aromatic carbocycles. The molecule has 0 radical (unpaired) electrons. The van der Waals surface area contributed by atoms with Gasteiger partial charge >= 0.3 is 11.9 Å². The van der Waals surface area contributed by atoms with Crippen LogP contribution in [-0.4, -0.2) is 37.7 Å². The molecule has 0 bridgehead atoms. The molecule has 0 spiro atoms. The lowest BCUT2D eigenvalue weighted by atomic mass is 9.68. The van der Waals surface area contributed by atoms with Gasteiger partial charge in [0, 0.05) is 18.5 Å². The number of hydrogen-bond donors (Lipinski definition) is 1. The second-order valence-electron chi connectivity index (χ2n) is 8.33. The highest BCUT2D eigenvalue weighted by atomic mass is 16.5. The fraction of sp³-hybridized carbons (Fsp3) is 0.583. The van der Waals surface area contributed by atoms with Crippen molar-refractivity contribution in [3.63, 3.8) is 0 Å². The van der Waals surface area contributed by atoms with E-state index in [1.165, 1.54) is 0 Å². The molecule has 162 valence electrons. The number of rotatable bonds is 12. The van der Waals surface area contributed by atoms with Crippen LogP contribution in [-0.2, 0) is 19.1 Å². The van der Waals surface area contributed by atoms with Gasteiger partial charge in [-0.3, -0.25) is 9.59 Å². The monoisotopic (exact) mass is 403 g/mol. The lowest BCUT2D eigenvalue weighted by molar-refractivity contribution is -0.156. The van der Waals surface area contributed by atoms with Crippen LogP contribution < -0.4 is 5.32 Å². The van der Waals surface area contributed by atoms with Gasteiger partial charge in [0.05, 0.1) is 24.0 Å². The lowest BCUT2D eigenvalue weighted by Crippen LogP contribution is -2.50. The first-order valence-corrected chi connectivity index (χ1v) is 10.4. The number of benzene rings is 1. The van der Waals surface area contributed by atoms with Crippen molar-refractivity contribution in [1.29, 1.82) is 0 Å². The molecule has 0 saturated heterocycles. The molecule has 0 aliphatic carbocycles. The Balaban J connectivity index is 3.35. The lowest BCUT2D eigenvalue weighted by Gasteiger charge is -2.39. The third kappa shape index (κ3) is 6.43. The minimum atomic E-state index is -0.781. The molecule has 2 atom stereocenters. The van der Waals surface area contributed by atoms with Crippen molar-refractivity contribution in [1.82, 2.24) is 5.32 Å². The van der Waals surface area contributed by atoms with E-state index in [1.54, 1.807) is 13.0 Å². The van der Waals surface area contributed by atoms with Gasteiger partial charge in [0.2, 0.25) is 0 Å². The maximum atomic E-state index is 12.8. The third-order valence-electron chi connectivity index (χ3n) is 5.53. The van der Waals surface area contributed by atoms with Crippen LogP contribution in [0.5, 0.6) is 0 Å². The second-order valence-corrected chi connectivity index (χ2v) is 8.33.